The van der Waals surface area contributed by atoms with Gasteiger partial charge in [-0.25, -0.2) is 0 Å². The highest BCUT2D eigenvalue weighted by Crippen LogP contribution is 2.47. The van der Waals surface area contributed by atoms with E-state index in [1.165, 1.54) is 38.6 Å². The summed E-state index contributed by atoms with van der Waals surface area (Å²) in [7, 11) is 0. The zero-order chi connectivity index (χ0) is 39.8. The number of anilines is 3. The van der Waals surface area contributed by atoms with Gasteiger partial charge in [0.15, 0.2) is 0 Å². The molecule has 0 fully saturated rings. The molecule has 0 saturated heterocycles. The molecule has 0 aliphatic carbocycles. The monoisotopic (exact) mass is 765 g/mol. The van der Waals surface area contributed by atoms with Gasteiger partial charge >= 0.3 is 0 Å². The highest BCUT2D eigenvalue weighted by Gasteiger charge is 2.23. The van der Waals surface area contributed by atoms with Crippen molar-refractivity contribution in [3.05, 3.63) is 237 Å². The van der Waals surface area contributed by atoms with Crippen LogP contribution in [0.15, 0.2) is 241 Å². The lowest BCUT2D eigenvalue weighted by Crippen LogP contribution is -2.12. The molecular weight excluding hydrogens is 727 g/mol. The summed E-state index contributed by atoms with van der Waals surface area (Å²) in [5, 5.41) is 4.62. The van der Waals surface area contributed by atoms with Crippen LogP contribution >= 0.6 is 0 Å². The van der Waals surface area contributed by atoms with E-state index in [0.29, 0.717) is 0 Å². The summed E-state index contributed by atoms with van der Waals surface area (Å²) >= 11 is 0. The van der Waals surface area contributed by atoms with Gasteiger partial charge in [-0.15, -0.1) is 0 Å². The molecule has 2 heteroatoms. The molecule has 10 aromatic carbocycles. The molecule has 0 spiro atoms. The third-order valence-electron chi connectivity index (χ3n) is 11.7. The molecule has 0 N–H and O–H groups in total. The Labute approximate surface area is 349 Å². The van der Waals surface area contributed by atoms with E-state index in [2.05, 4.69) is 235 Å². The number of hydrogen-bond donors (Lipinski definition) is 0. The molecule has 0 unspecified atom stereocenters. The number of rotatable bonds is 8. The third kappa shape index (κ3) is 6.41. The summed E-state index contributed by atoms with van der Waals surface area (Å²) in [6.07, 6.45) is 0. The van der Waals surface area contributed by atoms with E-state index >= 15 is 0 Å². The second kappa shape index (κ2) is 15.1. The van der Waals surface area contributed by atoms with Gasteiger partial charge in [0.25, 0.3) is 0 Å². The second-order valence-electron chi connectivity index (χ2n) is 15.3. The Balaban J connectivity index is 1.11. The Morgan fingerprint density at radius 1 is 0.283 bits per heavy atom. The fourth-order valence-electron chi connectivity index (χ4n) is 8.73. The molecule has 11 aromatic rings. The first-order valence-electron chi connectivity index (χ1n) is 20.5. The van der Waals surface area contributed by atoms with Crippen molar-refractivity contribution in [1.29, 1.82) is 0 Å². The van der Waals surface area contributed by atoms with Crippen molar-refractivity contribution < 1.29 is 4.42 Å². The van der Waals surface area contributed by atoms with Gasteiger partial charge in [0.1, 0.15) is 11.2 Å². The minimum Gasteiger partial charge on any atom is -0.456 e. The van der Waals surface area contributed by atoms with Crippen LogP contribution in [0.1, 0.15) is 0 Å². The largest absolute Gasteiger partial charge is 0.456 e. The lowest BCUT2D eigenvalue weighted by atomic mass is 9.91. The fraction of sp³-hybridized carbons (Fsp3) is 0. The van der Waals surface area contributed by atoms with Crippen molar-refractivity contribution in [2.45, 2.75) is 0 Å². The van der Waals surface area contributed by atoms with Crippen molar-refractivity contribution in [1.82, 2.24) is 0 Å². The van der Waals surface area contributed by atoms with Crippen LogP contribution in [0.2, 0.25) is 0 Å². The predicted octanol–water partition coefficient (Wildman–Crippen LogP) is 16.5. The zero-order valence-corrected chi connectivity index (χ0v) is 32.9. The Morgan fingerprint density at radius 3 is 1.55 bits per heavy atom. The molecule has 60 heavy (non-hydrogen) atoms. The molecule has 0 radical (unpaired) electrons. The van der Waals surface area contributed by atoms with Crippen molar-refractivity contribution in [2.24, 2.45) is 0 Å². The van der Waals surface area contributed by atoms with Crippen molar-refractivity contribution in [3.8, 4) is 55.6 Å². The van der Waals surface area contributed by atoms with E-state index in [0.717, 1.165) is 66.8 Å². The number of benzene rings is 10. The fourth-order valence-corrected chi connectivity index (χ4v) is 8.73. The summed E-state index contributed by atoms with van der Waals surface area (Å²) in [5.74, 6) is 0. The highest BCUT2D eigenvalue weighted by atomic mass is 16.3. The summed E-state index contributed by atoms with van der Waals surface area (Å²) in [5.41, 5.74) is 16.7. The maximum atomic E-state index is 6.50. The maximum Gasteiger partial charge on any atom is 0.137 e. The van der Waals surface area contributed by atoms with Crippen molar-refractivity contribution in [3.63, 3.8) is 0 Å². The van der Waals surface area contributed by atoms with Crippen LogP contribution in [0.4, 0.5) is 17.1 Å². The summed E-state index contributed by atoms with van der Waals surface area (Å²) < 4.78 is 6.50. The molecule has 0 amide bonds. The van der Waals surface area contributed by atoms with Crippen LogP contribution in [-0.4, -0.2) is 0 Å². The molecule has 0 atom stereocenters. The van der Waals surface area contributed by atoms with Gasteiger partial charge < -0.3 is 9.32 Å². The van der Waals surface area contributed by atoms with Gasteiger partial charge in [-0.1, -0.05) is 188 Å². The van der Waals surface area contributed by atoms with E-state index < -0.39 is 0 Å². The first-order chi connectivity index (χ1) is 29.7. The van der Waals surface area contributed by atoms with E-state index in [-0.39, 0.29) is 0 Å². The van der Waals surface area contributed by atoms with Gasteiger partial charge in [0.05, 0.1) is 16.8 Å². The second-order valence-corrected chi connectivity index (χ2v) is 15.3. The molecule has 11 rings (SSSR count). The standard InChI is InChI=1S/C58H39NO/c1-4-16-42(17-5-1)50-35-31-47(38-53(50)44-20-8-3-9-21-44)41-29-33-49(34-30-41)59(54-24-14-26-57-58(54)52-23-12-13-25-56(52)60-57)55-39-48(32-36-51(55)43-18-6-2-7-19-43)46-28-27-40-15-10-11-22-45(40)37-46/h1-39H. The number of nitrogens with zero attached hydrogens (tertiary/aromatic N) is 1. The predicted molar refractivity (Wildman–Crippen MR) is 253 cm³/mol. The quantitative estimate of drug-likeness (QED) is 0.153. The summed E-state index contributed by atoms with van der Waals surface area (Å²) in [6.45, 7) is 0. The Kier molecular flexibility index (Phi) is 8.87. The molecule has 282 valence electrons. The lowest BCUT2D eigenvalue weighted by Gasteiger charge is -2.29. The van der Waals surface area contributed by atoms with Gasteiger partial charge in [-0.3, -0.25) is 0 Å². The van der Waals surface area contributed by atoms with E-state index in [4.69, 9.17) is 4.42 Å². The molecular formula is C58H39NO. The van der Waals surface area contributed by atoms with E-state index in [1.807, 2.05) is 6.07 Å². The minimum atomic E-state index is 0.856. The van der Waals surface area contributed by atoms with Crippen LogP contribution in [0.3, 0.4) is 0 Å². The third-order valence-corrected chi connectivity index (χ3v) is 11.7. The van der Waals surface area contributed by atoms with Crippen molar-refractivity contribution >= 4 is 49.8 Å². The molecule has 2 nitrogen and oxygen atoms in total. The van der Waals surface area contributed by atoms with Crippen LogP contribution in [-0.2, 0) is 0 Å². The molecule has 0 saturated carbocycles. The van der Waals surface area contributed by atoms with E-state index in [9.17, 15) is 0 Å². The SMILES string of the molecule is c1ccc(-c2ccc(-c3ccc(N(c4cc(-c5ccc6ccccc6c5)ccc4-c4ccccc4)c4cccc5oc6ccccc6c45)cc3)cc2-c2ccccc2)cc1. The number of hydrogen-bond acceptors (Lipinski definition) is 2. The van der Waals surface area contributed by atoms with Gasteiger partial charge in [0.2, 0.25) is 0 Å². The Hall–Kier alpha value is -7.94. The minimum absolute atomic E-state index is 0.856. The average Bonchev–Trinajstić information content (AvgIpc) is 3.72. The van der Waals surface area contributed by atoms with Gasteiger partial charge in [-0.05, 0) is 109 Å². The maximum absolute atomic E-state index is 6.50. The first-order valence-corrected chi connectivity index (χ1v) is 20.5. The van der Waals surface area contributed by atoms with Crippen LogP contribution in [0.25, 0.3) is 88.3 Å². The molecule has 0 bridgehead atoms. The number of furan rings is 1. The van der Waals surface area contributed by atoms with Crippen molar-refractivity contribution in [2.75, 3.05) is 4.90 Å². The normalized spacial score (nSPS) is 11.3. The Bertz CT molecular complexity index is 3290. The summed E-state index contributed by atoms with van der Waals surface area (Å²) in [6, 6.07) is 85.0. The molecule has 1 heterocycles. The van der Waals surface area contributed by atoms with Crippen LogP contribution in [0.5, 0.6) is 0 Å². The highest BCUT2D eigenvalue weighted by molar-refractivity contribution is 6.14. The Morgan fingerprint density at radius 2 is 0.817 bits per heavy atom. The molecule has 0 aliphatic rings. The number of para-hydroxylation sites is 1. The van der Waals surface area contributed by atoms with Gasteiger partial charge in [0, 0.05) is 16.6 Å². The summed E-state index contributed by atoms with van der Waals surface area (Å²) in [4.78, 5) is 2.43. The lowest BCUT2D eigenvalue weighted by molar-refractivity contribution is 0.669. The van der Waals surface area contributed by atoms with Crippen LogP contribution in [0, 0.1) is 0 Å². The smallest absolute Gasteiger partial charge is 0.137 e. The number of fused-ring (bicyclic) bond motifs is 4. The van der Waals surface area contributed by atoms with Gasteiger partial charge in [-0.2, -0.15) is 0 Å². The zero-order valence-electron chi connectivity index (χ0n) is 32.9. The molecule has 0 aliphatic heterocycles. The first kappa shape index (κ1) is 35.2. The average molecular weight is 766 g/mol. The topological polar surface area (TPSA) is 16.4 Å². The van der Waals surface area contributed by atoms with Crippen LogP contribution < -0.4 is 4.90 Å². The van der Waals surface area contributed by atoms with E-state index in [1.54, 1.807) is 0 Å². The molecule has 1 aromatic heterocycles.